The van der Waals surface area contributed by atoms with E-state index in [0.717, 1.165) is 18.0 Å². The van der Waals surface area contributed by atoms with E-state index in [4.69, 9.17) is 4.74 Å². The van der Waals surface area contributed by atoms with E-state index in [9.17, 15) is 4.79 Å². The molecule has 1 aromatic heterocycles. The molecule has 4 aliphatic carbocycles. The van der Waals surface area contributed by atoms with Gasteiger partial charge in [-0.2, -0.15) is 5.10 Å². The van der Waals surface area contributed by atoms with E-state index in [1.54, 1.807) is 6.20 Å². The average molecular weight is 360 g/mol. The summed E-state index contributed by atoms with van der Waals surface area (Å²) in [6, 6.07) is 1.96. The van der Waals surface area contributed by atoms with Gasteiger partial charge >= 0.3 is 0 Å². The highest BCUT2D eigenvalue weighted by atomic mass is 16.5. The quantitative estimate of drug-likeness (QED) is 0.761. The Balaban J connectivity index is 1.22. The zero-order valence-electron chi connectivity index (χ0n) is 16.5. The van der Waals surface area contributed by atoms with E-state index in [0.29, 0.717) is 30.4 Å². The van der Waals surface area contributed by atoms with Gasteiger partial charge in [-0.1, -0.05) is 13.8 Å². The van der Waals surface area contributed by atoms with Gasteiger partial charge in [0.2, 0.25) is 5.91 Å². The lowest BCUT2D eigenvalue weighted by Crippen LogP contribution is -2.59. The van der Waals surface area contributed by atoms with E-state index < -0.39 is 0 Å². The number of rotatable bonds is 7. The van der Waals surface area contributed by atoms with Gasteiger partial charge in [0.05, 0.1) is 12.2 Å². The fourth-order valence-electron chi connectivity index (χ4n) is 6.94. The van der Waals surface area contributed by atoms with Crippen LogP contribution in [0.2, 0.25) is 0 Å². The van der Waals surface area contributed by atoms with E-state index in [1.807, 2.05) is 17.8 Å². The molecule has 1 aromatic rings. The molecular weight excluding hydrogens is 326 g/mol. The Morgan fingerprint density at radius 3 is 2.62 bits per heavy atom. The predicted octanol–water partition coefficient (Wildman–Crippen LogP) is 3.23. The minimum atomic E-state index is 0.0718. The summed E-state index contributed by atoms with van der Waals surface area (Å²) in [5, 5.41) is 7.16. The minimum absolute atomic E-state index is 0.0718. The summed E-state index contributed by atoms with van der Waals surface area (Å²) in [4.78, 5) is 12.1. The Hall–Kier alpha value is -1.36. The van der Waals surface area contributed by atoms with Crippen molar-refractivity contribution in [1.82, 2.24) is 15.1 Å². The molecule has 0 unspecified atom stereocenters. The molecule has 0 spiro atoms. The maximum absolute atomic E-state index is 12.1. The van der Waals surface area contributed by atoms with Crippen LogP contribution in [0.15, 0.2) is 12.3 Å². The molecule has 4 aliphatic rings. The van der Waals surface area contributed by atoms with Crippen LogP contribution in [0.5, 0.6) is 0 Å². The van der Waals surface area contributed by atoms with Gasteiger partial charge < -0.3 is 10.1 Å². The van der Waals surface area contributed by atoms with Crippen LogP contribution in [-0.4, -0.2) is 34.4 Å². The number of ether oxygens (including phenoxy) is 1. The summed E-state index contributed by atoms with van der Waals surface area (Å²) in [6.07, 6.45) is 10.8. The lowest BCUT2D eigenvalue weighted by atomic mass is 9.43. The third-order valence-corrected chi connectivity index (χ3v) is 6.94. The molecule has 5 nitrogen and oxygen atoms in total. The second-order valence-electron chi connectivity index (χ2n) is 9.96. The molecular formula is C21H33N3O2. The van der Waals surface area contributed by atoms with Crippen LogP contribution in [0, 0.1) is 16.7 Å². The number of nitrogens with zero attached hydrogens (tertiary/aromatic N) is 2. The Labute approximate surface area is 156 Å². The van der Waals surface area contributed by atoms with Crippen molar-refractivity contribution in [2.75, 3.05) is 13.2 Å². The molecule has 2 atom stereocenters. The fourth-order valence-corrected chi connectivity index (χ4v) is 6.94. The third-order valence-electron chi connectivity index (χ3n) is 6.94. The van der Waals surface area contributed by atoms with Crippen molar-refractivity contribution in [1.29, 1.82) is 0 Å². The molecule has 1 amide bonds. The van der Waals surface area contributed by atoms with Crippen LogP contribution >= 0.6 is 0 Å². The molecule has 1 heterocycles. The van der Waals surface area contributed by atoms with Crippen molar-refractivity contribution in [3.8, 4) is 0 Å². The van der Waals surface area contributed by atoms with Crippen LogP contribution < -0.4 is 5.32 Å². The highest BCUT2D eigenvalue weighted by Crippen LogP contribution is 2.67. The lowest BCUT2D eigenvalue weighted by Gasteiger charge is -2.65. The summed E-state index contributed by atoms with van der Waals surface area (Å²) < 4.78 is 8.29. The van der Waals surface area contributed by atoms with Gasteiger partial charge in [0.25, 0.3) is 0 Å². The molecule has 0 saturated heterocycles. The SMILES string of the molecule is Cn1nccc1CCC(=O)NCCOC12CC3C[C@@](C)(C1)C[C@@](C)(C3)C2. The number of aromatic nitrogens is 2. The number of hydrogen-bond donors (Lipinski definition) is 1. The van der Waals surface area contributed by atoms with Crippen LogP contribution in [0.4, 0.5) is 0 Å². The van der Waals surface area contributed by atoms with E-state index >= 15 is 0 Å². The topological polar surface area (TPSA) is 56.2 Å². The normalized spacial score (nSPS) is 37.9. The summed E-state index contributed by atoms with van der Waals surface area (Å²) in [5.41, 5.74) is 2.11. The molecule has 4 fully saturated rings. The van der Waals surface area contributed by atoms with E-state index in [1.165, 1.54) is 38.5 Å². The molecule has 4 bridgehead atoms. The second-order valence-corrected chi connectivity index (χ2v) is 9.96. The molecule has 1 N–H and O–H groups in total. The Morgan fingerprint density at radius 1 is 1.27 bits per heavy atom. The average Bonchev–Trinajstić information content (AvgIpc) is 2.91. The minimum Gasteiger partial charge on any atom is -0.373 e. The van der Waals surface area contributed by atoms with Gasteiger partial charge in [0, 0.05) is 31.9 Å². The van der Waals surface area contributed by atoms with Crippen LogP contribution in [0.1, 0.15) is 64.5 Å². The van der Waals surface area contributed by atoms with Gasteiger partial charge in [-0.3, -0.25) is 9.48 Å². The maximum atomic E-state index is 12.1. The standard InChI is InChI=1S/C21H33N3O2/c1-19-10-16-11-20(2,13-19)15-21(12-16,14-19)26-9-8-22-18(25)5-4-17-6-7-23-24(17)3/h6-7,16H,4-5,8-15H2,1-3H3,(H,22,25)/t16?,19-,20-,21?/m1/s1. The van der Waals surface area contributed by atoms with Gasteiger partial charge in [-0.15, -0.1) is 0 Å². The van der Waals surface area contributed by atoms with Crippen molar-refractivity contribution < 1.29 is 9.53 Å². The number of hydrogen-bond acceptors (Lipinski definition) is 3. The Morgan fingerprint density at radius 2 is 2.00 bits per heavy atom. The number of amides is 1. The maximum Gasteiger partial charge on any atom is 0.220 e. The number of nitrogens with one attached hydrogen (secondary N) is 1. The summed E-state index contributed by atoms with van der Waals surface area (Å²) in [5.74, 6) is 0.939. The van der Waals surface area contributed by atoms with Crippen molar-refractivity contribution in [2.24, 2.45) is 23.8 Å². The zero-order chi connectivity index (χ0) is 18.4. The smallest absolute Gasteiger partial charge is 0.220 e. The molecule has 5 heteroatoms. The largest absolute Gasteiger partial charge is 0.373 e. The van der Waals surface area contributed by atoms with Crippen LogP contribution in [-0.2, 0) is 23.0 Å². The predicted molar refractivity (Wildman–Crippen MR) is 101 cm³/mol. The molecule has 26 heavy (non-hydrogen) atoms. The second kappa shape index (κ2) is 6.36. The Kier molecular flexibility index (Phi) is 4.41. The van der Waals surface area contributed by atoms with Crippen molar-refractivity contribution >= 4 is 5.91 Å². The molecule has 0 aliphatic heterocycles. The highest BCUT2D eigenvalue weighted by Gasteiger charge is 2.60. The van der Waals surface area contributed by atoms with E-state index in [-0.39, 0.29) is 11.5 Å². The van der Waals surface area contributed by atoms with Gasteiger partial charge in [0.15, 0.2) is 0 Å². The van der Waals surface area contributed by atoms with Crippen LogP contribution in [0.3, 0.4) is 0 Å². The first-order valence-electron chi connectivity index (χ1n) is 10.2. The van der Waals surface area contributed by atoms with Gasteiger partial charge in [-0.05, 0) is 67.8 Å². The van der Waals surface area contributed by atoms with Gasteiger partial charge in [0.1, 0.15) is 0 Å². The third kappa shape index (κ3) is 3.55. The van der Waals surface area contributed by atoms with Crippen LogP contribution in [0.25, 0.3) is 0 Å². The summed E-state index contributed by atoms with van der Waals surface area (Å²) >= 11 is 0. The molecule has 4 saturated carbocycles. The first kappa shape index (κ1) is 18.0. The van der Waals surface area contributed by atoms with Gasteiger partial charge in [-0.25, -0.2) is 0 Å². The zero-order valence-corrected chi connectivity index (χ0v) is 16.5. The summed E-state index contributed by atoms with van der Waals surface area (Å²) in [7, 11) is 1.91. The van der Waals surface area contributed by atoms with Crippen molar-refractivity contribution in [3.63, 3.8) is 0 Å². The number of aryl methyl sites for hydroxylation is 2. The van der Waals surface area contributed by atoms with Crippen molar-refractivity contribution in [3.05, 3.63) is 18.0 Å². The first-order valence-corrected chi connectivity index (χ1v) is 10.2. The Bertz CT molecular complexity index is 665. The first-order chi connectivity index (χ1) is 12.3. The number of carbonyl (C=O) groups is 1. The highest BCUT2D eigenvalue weighted by molar-refractivity contribution is 5.76. The molecule has 5 rings (SSSR count). The van der Waals surface area contributed by atoms with Crippen molar-refractivity contribution in [2.45, 2.75) is 70.8 Å². The lowest BCUT2D eigenvalue weighted by molar-refractivity contribution is -0.213. The number of carbonyl (C=O) groups excluding carboxylic acids is 1. The van der Waals surface area contributed by atoms with E-state index in [2.05, 4.69) is 24.3 Å². The fraction of sp³-hybridized carbons (Fsp3) is 0.810. The molecule has 0 aromatic carbocycles. The molecule has 0 radical (unpaired) electrons. The molecule has 144 valence electrons. The summed E-state index contributed by atoms with van der Waals surface area (Å²) in [6.45, 7) is 6.18. The monoisotopic (exact) mass is 359 g/mol.